The average molecular weight is 148 g/mol. The molecule has 1 rings (SSSR count). The summed E-state index contributed by atoms with van der Waals surface area (Å²) >= 11 is 0. The lowest BCUT2D eigenvalue weighted by Gasteiger charge is -2.20. The van der Waals surface area contributed by atoms with Crippen molar-refractivity contribution in [3.8, 4) is 0 Å². The molecule has 2 heteroatoms. The highest BCUT2D eigenvalue weighted by Crippen LogP contribution is 2.43. The van der Waals surface area contributed by atoms with Gasteiger partial charge in [-0.15, -0.1) is 5.73 Å². The molecule has 0 bridgehead atoms. The molecule has 0 aromatic rings. The average Bonchev–Trinajstić information content (AvgIpc) is 2.34. The van der Waals surface area contributed by atoms with Gasteiger partial charge in [0, 0.05) is 5.41 Å². The summed E-state index contributed by atoms with van der Waals surface area (Å²) in [6, 6.07) is 0. The van der Waals surface area contributed by atoms with E-state index in [0.717, 1.165) is 19.3 Å². The Morgan fingerprint density at radius 1 is 1.82 bits per heavy atom. The zero-order chi connectivity index (χ0) is 8.32. The van der Waals surface area contributed by atoms with Crippen LogP contribution >= 0.6 is 0 Å². The van der Waals surface area contributed by atoms with Gasteiger partial charge in [0.15, 0.2) is 0 Å². The SMILES string of the molecule is [B][C@H]1CC[C@@](C=C=C)(CO)C1. The lowest BCUT2D eigenvalue weighted by Crippen LogP contribution is -2.18. The second kappa shape index (κ2) is 3.29. The van der Waals surface area contributed by atoms with Gasteiger partial charge < -0.3 is 5.11 Å². The highest BCUT2D eigenvalue weighted by atomic mass is 16.3. The third kappa shape index (κ3) is 1.77. The second-order valence-electron chi connectivity index (χ2n) is 3.37. The van der Waals surface area contributed by atoms with Crippen LogP contribution in [-0.4, -0.2) is 19.6 Å². The van der Waals surface area contributed by atoms with E-state index in [2.05, 4.69) is 12.3 Å². The molecule has 1 aliphatic rings. The minimum Gasteiger partial charge on any atom is -0.395 e. The van der Waals surface area contributed by atoms with E-state index in [1.165, 1.54) is 0 Å². The molecule has 1 saturated carbocycles. The standard InChI is InChI=1S/C9H13BO/c1-2-4-9(7-11)5-3-8(10)6-9/h4,8,11H,1,3,5-7H2/t8-,9+/m0/s1. The van der Waals surface area contributed by atoms with Gasteiger partial charge in [-0.2, -0.15) is 0 Å². The highest BCUT2D eigenvalue weighted by Gasteiger charge is 2.34. The fourth-order valence-electron chi connectivity index (χ4n) is 1.74. The van der Waals surface area contributed by atoms with Crippen LogP contribution < -0.4 is 0 Å². The van der Waals surface area contributed by atoms with Crippen LogP contribution in [0.25, 0.3) is 0 Å². The summed E-state index contributed by atoms with van der Waals surface area (Å²) in [4.78, 5) is 0. The predicted octanol–water partition coefficient (Wildman–Crippen LogP) is 1.45. The molecule has 0 aliphatic heterocycles. The van der Waals surface area contributed by atoms with E-state index in [4.69, 9.17) is 13.0 Å². The molecule has 1 nitrogen and oxygen atoms in total. The van der Waals surface area contributed by atoms with Crippen LogP contribution in [0.4, 0.5) is 0 Å². The molecule has 2 radical (unpaired) electrons. The van der Waals surface area contributed by atoms with E-state index >= 15 is 0 Å². The first-order valence-corrected chi connectivity index (χ1v) is 3.96. The van der Waals surface area contributed by atoms with Crippen LogP contribution in [0.5, 0.6) is 0 Å². The quantitative estimate of drug-likeness (QED) is 0.464. The number of aliphatic hydroxyl groups is 1. The van der Waals surface area contributed by atoms with Crippen molar-refractivity contribution < 1.29 is 5.11 Å². The maximum atomic E-state index is 9.11. The normalized spacial score (nSPS) is 36.6. The van der Waals surface area contributed by atoms with Gasteiger partial charge in [0.2, 0.25) is 0 Å². The van der Waals surface area contributed by atoms with E-state index in [1.807, 2.05) is 6.08 Å². The Balaban J connectivity index is 2.69. The van der Waals surface area contributed by atoms with Crippen LogP contribution in [0.3, 0.4) is 0 Å². The van der Waals surface area contributed by atoms with Gasteiger partial charge in [-0.05, 0) is 18.9 Å². The molecule has 11 heavy (non-hydrogen) atoms. The van der Waals surface area contributed by atoms with E-state index in [-0.39, 0.29) is 17.8 Å². The number of aliphatic hydroxyl groups excluding tert-OH is 1. The largest absolute Gasteiger partial charge is 0.395 e. The van der Waals surface area contributed by atoms with Crippen LogP contribution in [0.15, 0.2) is 18.4 Å². The minimum absolute atomic E-state index is 0.110. The molecule has 1 fully saturated rings. The van der Waals surface area contributed by atoms with Gasteiger partial charge in [-0.3, -0.25) is 0 Å². The maximum absolute atomic E-state index is 9.11. The number of hydrogen-bond donors (Lipinski definition) is 1. The molecule has 0 unspecified atom stereocenters. The minimum atomic E-state index is -0.110. The van der Waals surface area contributed by atoms with Crippen LogP contribution in [0.2, 0.25) is 5.82 Å². The van der Waals surface area contributed by atoms with Gasteiger partial charge in [-0.1, -0.05) is 18.8 Å². The Bertz CT molecular complexity index is 184. The molecular weight excluding hydrogens is 135 g/mol. The Kier molecular flexibility index (Phi) is 2.59. The lowest BCUT2D eigenvalue weighted by atomic mass is 9.80. The predicted molar refractivity (Wildman–Crippen MR) is 46.6 cm³/mol. The molecular formula is C9H13BO. The monoisotopic (exact) mass is 148 g/mol. The van der Waals surface area contributed by atoms with Crippen molar-refractivity contribution in [1.82, 2.24) is 0 Å². The third-order valence-electron chi connectivity index (χ3n) is 2.40. The summed E-state index contributed by atoms with van der Waals surface area (Å²) in [5.74, 6) is 0.242. The zero-order valence-corrected chi connectivity index (χ0v) is 6.71. The first kappa shape index (κ1) is 8.64. The Hall–Kier alpha value is -0.455. The Labute approximate surface area is 69.2 Å². The van der Waals surface area contributed by atoms with Crippen molar-refractivity contribution >= 4 is 7.85 Å². The Morgan fingerprint density at radius 2 is 2.55 bits per heavy atom. The molecule has 0 aromatic carbocycles. The fraction of sp³-hybridized carbons (Fsp3) is 0.667. The molecule has 0 spiro atoms. The molecule has 0 amide bonds. The summed E-state index contributed by atoms with van der Waals surface area (Å²) in [6.07, 6.45) is 4.69. The summed E-state index contributed by atoms with van der Waals surface area (Å²) in [5.41, 5.74) is 2.62. The molecule has 1 aliphatic carbocycles. The van der Waals surface area contributed by atoms with Gasteiger partial charge in [0.05, 0.1) is 14.5 Å². The molecule has 1 N–H and O–H groups in total. The van der Waals surface area contributed by atoms with Crippen molar-refractivity contribution in [2.75, 3.05) is 6.61 Å². The van der Waals surface area contributed by atoms with Crippen molar-refractivity contribution in [3.63, 3.8) is 0 Å². The highest BCUT2D eigenvalue weighted by molar-refractivity contribution is 6.11. The van der Waals surface area contributed by atoms with Crippen LogP contribution in [0, 0.1) is 5.41 Å². The van der Waals surface area contributed by atoms with E-state index in [1.54, 1.807) is 0 Å². The second-order valence-corrected chi connectivity index (χ2v) is 3.37. The van der Waals surface area contributed by atoms with Crippen molar-refractivity contribution in [3.05, 3.63) is 18.4 Å². The topological polar surface area (TPSA) is 20.2 Å². The van der Waals surface area contributed by atoms with E-state index in [9.17, 15) is 0 Å². The van der Waals surface area contributed by atoms with Gasteiger partial charge in [0.25, 0.3) is 0 Å². The van der Waals surface area contributed by atoms with Crippen LogP contribution in [0.1, 0.15) is 19.3 Å². The van der Waals surface area contributed by atoms with Crippen molar-refractivity contribution in [1.29, 1.82) is 0 Å². The number of hydrogen-bond acceptors (Lipinski definition) is 1. The fourth-order valence-corrected chi connectivity index (χ4v) is 1.74. The Morgan fingerprint density at radius 3 is 2.91 bits per heavy atom. The maximum Gasteiger partial charge on any atom is 0.0699 e. The van der Waals surface area contributed by atoms with Crippen molar-refractivity contribution in [2.24, 2.45) is 5.41 Å². The lowest BCUT2D eigenvalue weighted by molar-refractivity contribution is 0.174. The molecule has 0 heterocycles. The zero-order valence-electron chi connectivity index (χ0n) is 6.71. The van der Waals surface area contributed by atoms with E-state index in [0.29, 0.717) is 0 Å². The molecule has 0 aromatic heterocycles. The van der Waals surface area contributed by atoms with E-state index < -0.39 is 0 Å². The summed E-state index contributed by atoms with van der Waals surface area (Å²) in [5, 5.41) is 9.11. The van der Waals surface area contributed by atoms with Gasteiger partial charge in [-0.25, -0.2) is 0 Å². The van der Waals surface area contributed by atoms with Gasteiger partial charge >= 0.3 is 0 Å². The van der Waals surface area contributed by atoms with Crippen LogP contribution in [-0.2, 0) is 0 Å². The first-order valence-electron chi connectivity index (χ1n) is 3.96. The summed E-state index contributed by atoms with van der Waals surface area (Å²) in [7, 11) is 5.74. The summed E-state index contributed by atoms with van der Waals surface area (Å²) in [6.45, 7) is 3.68. The summed E-state index contributed by atoms with van der Waals surface area (Å²) < 4.78 is 0. The van der Waals surface area contributed by atoms with Crippen molar-refractivity contribution in [2.45, 2.75) is 25.1 Å². The van der Waals surface area contributed by atoms with Gasteiger partial charge in [0.1, 0.15) is 0 Å². The first-order chi connectivity index (χ1) is 5.22. The smallest absolute Gasteiger partial charge is 0.0699 e. The molecule has 58 valence electrons. The number of rotatable bonds is 2. The molecule has 2 atom stereocenters. The third-order valence-corrected chi connectivity index (χ3v) is 2.40. The molecule has 0 saturated heterocycles.